The second kappa shape index (κ2) is 6.93. The Labute approximate surface area is 146 Å². The molecular weight excluding hydrogens is 383 g/mol. The van der Waals surface area contributed by atoms with E-state index in [1.54, 1.807) is 18.2 Å². The van der Waals surface area contributed by atoms with E-state index >= 15 is 0 Å². The van der Waals surface area contributed by atoms with Crippen molar-refractivity contribution in [2.75, 3.05) is 5.32 Å². The van der Waals surface area contributed by atoms with Gasteiger partial charge in [-0.3, -0.25) is 4.79 Å². The zero-order valence-corrected chi connectivity index (χ0v) is 14.2. The Morgan fingerprint density at radius 2 is 1.76 bits per heavy atom. The van der Waals surface area contributed by atoms with Crippen molar-refractivity contribution in [1.29, 1.82) is 0 Å². The Bertz CT molecular complexity index is 899. The van der Waals surface area contributed by atoms with Crippen molar-refractivity contribution >= 4 is 33.3 Å². The Kier molecular flexibility index (Phi) is 5.28. The molecule has 0 aromatic heterocycles. The van der Waals surface area contributed by atoms with Gasteiger partial charge in [0.25, 0.3) is 0 Å². The van der Waals surface area contributed by atoms with Crippen LogP contribution < -0.4 is 9.50 Å². The van der Waals surface area contributed by atoms with E-state index < -0.39 is 27.3 Å². The summed E-state index contributed by atoms with van der Waals surface area (Å²) in [5.41, 5.74) is -5.60. The van der Waals surface area contributed by atoms with Crippen LogP contribution in [0, 0.1) is 0 Å². The van der Waals surface area contributed by atoms with Crippen LogP contribution in [0.2, 0.25) is 5.02 Å². The monoisotopic (exact) mass is 393 g/mol. The summed E-state index contributed by atoms with van der Waals surface area (Å²) in [5.74, 6) is -1.32. The number of amides is 1. The molecule has 0 heterocycles. The molecule has 0 spiro atoms. The summed E-state index contributed by atoms with van der Waals surface area (Å²) in [6.07, 6.45) is 0. The second-order valence-corrected chi connectivity index (χ2v) is 6.83. The number of hydrogen-bond acceptors (Lipinski definition) is 4. The van der Waals surface area contributed by atoms with E-state index in [1.165, 1.54) is 18.2 Å². The first-order valence-corrected chi connectivity index (χ1v) is 8.47. The van der Waals surface area contributed by atoms with Crippen LogP contribution in [0.4, 0.5) is 18.9 Å². The number of benzene rings is 2. The van der Waals surface area contributed by atoms with E-state index in [0.29, 0.717) is 5.56 Å². The molecule has 25 heavy (non-hydrogen) atoms. The van der Waals surface area contributed by atoms with Gasteiger partial charge < -0.3 is 9.50 Å². The third-order valence-corrected chi connectivity index (χ3v) is 4.10. The van der Waals surface area contributed by atoms with E-state index in [4.69, 9.17) is 11.6 Å². The van der Waals surface area contributed by atoms with Crippen LogP contribution in [0.5, 0.6) is 5.75 Å². The molecule has 1 amide bonds. The van der Waals surface area contributed by atoms with E-state index in [-0.39, 0.29) is 16.3 Å². The Morgan fingerprint density at radius 3 is 2.28 bits per heavy atom. The van der Waals surface area contributed by atoms with Crippen molar-refractivity contribution in [2.45, 2.75) is 12.4 Å². The van der Waals surface area contributed by atoms with Crippen molar-refractivity contribution in [2.24, 2.45) is 0 Å². The molecule has 5 nitrogen and oxygen atoms in total. The number of halogens is 4. The minimum Gasteiger partial charge on any atom is -0.373 e. The van der Waals surface area contributed by atoms with Gasteiger partial charge in [-0.25, -0.2) is 0 Å². The number of alkyl halides is 3. The number of carbonyl (C=O) groups is 1. The molecule has 0 aliphatic carbocycles. The fourth-order valence-corrected chi connectivity index (χ4v) is 2.67. The van der Waals surface area contributed by atoms with Crippen molar-refractivity contribution in [3.05, 3.63) is 47.5 Å². The van der Waals surface area contributed by atoms with E-state index in [2.05, 4.69) is 9.50 Å². The fourth-order valence-electron chi connectivity index (χ4n) is 1.95. The molecule has 0 saturated heterocycles. The zero-order valence-electron chi connectivity index (χ0n) is 12.6. The lowest BCUT2D eigenvalue weighted by Crippen LogP contribution is -2.28. The number of carbonyl (C=O) groups excluding carboxylic acids is 1. The summed E-state index contributed by atoms with van der Waals surface area (Å²) in [5, 5.41) is 2.29. The van der Waals surface area contributed by atoms with Gasteiger partial charge in [0.05, 0.1) is 5.69 Å². The highest BCUT2D eigenvalue weighted by Crippen LogP contribution is 2.42. The van der Waals surface area contributed by atoms with Crippen LogP contribution in [0.3, 0.4) is 0 Å². The molecule has 2 rings (SSSR count). The van der Waals surface area contributed by atoms with Gasteiger partial charge in [0.1, 0.15) is 0 Å². The third kappa shape index (κ3) is 4.43. The summed E-state index contributed by atoms with van der Waals surface area (Å²) in [4.78, 5) is 11.3. The van der Waals surface area contributed by atoms with Crippen LogP contribution in [-0.4, -0.2) is 19.8 Å². The van der Waals surface area contributed by atoms with E-state index in [0.717, 1.165) is 13.0 Å². The molecule has 134 valence electrons. The lowest BCUT2D eigenvalue weighted by molar-refractivity contribution is -0.114. The zero-order chi connectivity index (χ0) is 18.8. The normalized spacial score (nSPS) is 11.9. The first-order chi connectivity index (χ1) is 11.5. The largest absolute Gasteiger partial charge is 0.534 e. The molecule has 0 aliphatic heterocycles. The van der Waals surface area contributed by atoms with Gasteiger partial charge in [0, 0.05) is 17.5 Å². The molecule has 0 fully saturated rings. The minimum atomic E-state index is -5.95. The average molecular weight is 394 g/mol. The smallest absolute Gasteiger partial charge is 0.373 e. The van der Waals surface area contributed by atoms with Gasteiger partial charge in [-0.1, -0.05) is 41.9 Å². The maximum absolute atomic E-state index is 12.7. The lowest BCUT2D eigenvalue weighted by atomic mass is 10.0. The molecule has 2 aromatic rings. The number of nitrogens with one attached hydrogen (secondary N) is 1. The molecule has 10 heteroatoms. The molecule has 2 aromatic carbocycles. The Hall–Kier alpha value is -2.26. The van der Waals surface area contributed by atoms with Crippen LogP contribution in [0.15, 0.2) is 42.5 Å². The van der Waals surface area contributed by atoms with Crippen LogP contribution in [-0.2, 0) is 14.9 Å². The quantitative estimate of drug-likeness (QED) is 0.624. The second-order valence-electron chi connectivity index (χ2n) is 4.86. The Morgan fingerprint density at radius 1 is 1.16 bits per heavy atom. The first-order valence-electron chi connectivity index (χ1n) is 6.68. The maximum atomic E-state index is 12.7. The first kappa shape index (κ1) is 19.1. The average Bonchev–Trinajstić information content (AvgIpc) is 2.48. The molecule has 1 N–H and O–H groups in total. The molecule has 0 bridgehead atoms. The predicted molar refractivity (Wildman–Crippen MR) is 86.8 cm³/mol. The summed E-state index contributed by atoms with van der Waals surface area (Å²) in [7, 11) is -5.95. The summed E-state index contributed by atoms with van der Waals surface area (Å²) >= 11 is 5.94. The highest BCUT2D eigenvalue weighted by Gasteiger charge is 2.49. The topological polar surface area (TPSA) is 72.5 Å². The number of rotatable bonds is 4. The van der Waals surface area contributed by atoms with Gasteiger partial charge in [0.15, 0.2) is 5.75 Å². The van der Waals surface area contributed by atoms with Crippen LogP contribution >= 0.6 is 11.6 Å². The number of anilines is 1. The van der Waals surface area contributed by atoms with E-state index in [1.807, 2.05) is 0 Å². The van der Waals surface area contributed by atoms with E-state index in [9.17, 15) is 26.4 Å². The third-order valence-electron chi connectivity index (χ3n) is 2.93. The molecule has 0 saturated carbocycles. The highest BCUT2D eigenvalue weighted by molar-refractivity contribution is 7.88. The highest BCUT2D eigenvalue weighted by atomic mass is 35.5. The summed E-state index contributed by atoms with van der Waals surface area (Å²) < 4.78 is 65.3. The lowest BCUT2D eigenvalue weighted by Gasteiger charge is -2.17. The molecule has 0 radical (unpaired) electrons. The van der Waals surface area contributed by atoms with Crippen molar-refractivity contribution in [3.63, 3.8) is 0 Å². The minimum absolute atomic E-state index is 0.0234. The number of hydrogen-bond donors (Lipinski definition) is 1. The molecule has 0 atom stereocenters. The van der Waals surface area contributed by atoms with Crippen molar-refractivity contribution < 1.29 is 30.6 Å². The van der Waals surface area contributed by atoms with Crippen LogP contribution in [0.25, 0.3) is 11.1 Å². The standard InChI is InChI=1S/C15H11ClF3NO4S/c1-9(21)20-13-8-11(16)7-12(10-5-3-2-4-6-10)14(13)24-25(22,23)15(17,18)19/h2-8H,1H3,(H,20,21). The Balaban J connectivity index is 2.71. The summed E-state index contributed by atoms with van der Waals surface area (Å²) in [6, 6.07) is 10.2. The predicted octanol–water partition coefficient (Wildman–Crippen LogP) is 4.19. The molecule has 0 aliphatic rings. The van der Waals surface area contributed by atoms with Gasteiger partial charge >= 0.3 is 15.6 Å². The van der Waals surface area contributed by atoms with Gasteiger partial charge in [-0.2, -0.15) is 21.6 Å². The molecule has 0 unspecified atom stereocenters. The van der Waals surface area contributed by atoms with Gasteiger partial charge in [-0.15, -0.1) is 0 Å². The van der Waals surface area contributed by atoms with Crippen molar-refractivity contribution in [3.8, 4) is 16.9 Å². The molecular formula is C15H11ClF3NO4S. The SMILES string of the molecule is CC(=O)Nc1cc(Cl)cc(-c2ccccc2)c1OS(=O)(=O)C(F)(F)F. The van der Waals surface area contributed by atoms with Gasteiger partial charge in [-0.05, 0) is 17.7 Å². The maximum Gasteiger partial charge on any atom is 0.534 e. The van der Waals surface area contributed by atoms with Crippen LogP contribution in [0.1, 0.15) is 6.92 Å². The summed E-state index contributed by atoms with van der Waals surface area (Å²) in [6.45, 7) is 1.10. The van der Waals surface area contributed by atoms with Gasteiger partial charge in [0.2, 0.25) is 5.91 Å². The fraction of sp³-hybridized carbons (Fsp3) is 0.133. The van der Waals surface area contributed by atoms with Crippen molar-refractivity contribution in [1.82, 2.24) is 0 Å².